The summed E-state index contributed by atoms with van der Waals surface area (Å²) in [7, 11) is 3.48. The van der Waals surface area contributed by atoms with Gasteiger partial charge in [0.25, 0.3) is 0 Å². The quantitative estimate of drug-likeness (QED) is 0.680. The van der Waals surface area contributed by atoms with Crippen molar-refractivity contribution in [3.05, 3.63) is 41.8 Å². The van der Waals surface area contributed by atoms with Gasteiger partial charge >= 0.3 is 0 Å². The van der Waals surface area contributed by atoms with Crippen LogP contribution in [0.4, 0.5) is 0 Å². The second-order valence-corrected chi connectivity index (χ2v) is 7.10. The SMILES string of the molecule is CC[C@@H]1C[N+]2=C(C[C@@H]1/C=C\OC)c1[nH]c3cccc(OC)c3c1CC2. The van der Waals surface area contributed by atoms with Crippen LogP contribution in [0.1, 0.15) is 31.0 Å². The molecule has 0 bridgehead atoms. The number of allylic oxidation sites excluding steroid dienone is 1. The highest BCUT2D eigenvalue weighted by Crippen LogP contribution is 2.37. The van der Waals surface area contributed by atoms with Crippen LogP contribution in [0.25, 0.3) is 10.9 Å². The highest BCUT2D eigenvalue weighted by molar-refractivity contribution is 6.05. The van der Waals surface area contributed by atoms with Gasteiger partial charge in [0.1, 0.15) is 24.5 Å². The lowest BCUT2D eigenvalue weighted by molar-refractivity contribution is -0.543. The predicted octanol–water partition coefficient (Wildman–Crippen LogP) is 3.74. The smallest absolute Gasteiger partial charge is 0.200 e. The minimum atomic E-state index is 0.537. The summed E-state index contributed by atoms with van der Waals surface area (Å²) >= 11 is 0. The summed E-state index contributed by atoms with van der Waals surface area (Å²) in [5.74, 6) is 2.20. The van der Waals surface area contributed by atoms with Crippen LogP contribution in [0.5, 0.6) is 5.75 Å². The number of nitrogens with zero attached hydrogens (tertiary/aromatic N) is 1. The first-order valence-corrected chi connectivity index (χ1v) is 9.25. The van der Waals surface area contributed by atoms with Gasteiger partial charge in [-0.05, 0) is 30.5 Å². The Hall–Kier alpha value is -2.23. The Morgan fingerprint density at radius 3 is 2.96 bits per heavy atom. The number of benzene rings is 1. The molecule has 2 aromatic rings. The minimum Gasteiger partial charge on any atom is -0.505 e. The van der Waals surface area contributed by atoms with Gasteiger partial charge in [-0.3, -0.25) is 0 Å². The third-order valence-electron chi connectivity index (χ3n) is 5.89. The lowest BCUT2D eigenvalue weighted by Crippen LogP contribution is -2.41. The molecule has 1 aromatic heterocycles. The molecule has 2 atom stereocenters. The van der Waals surface area contributed by atoms with Crippen LogP contribution in [0.2, 0.25) is 0 Å². The third kappa shape index (κ3) is 2.64. The average Bonchev–Trinajstić information content (AvgIpc) is 3.04. The summed E-state index contributed by atoms with van der Waals surface area (Å²) in [6, 6.07) is 6.27. The number of aromatic amines is 1. The third-order valence-corrected chi connectivity index (χ3v) is 5.89. The Labute approximate surface area is 149 Å². The highest BCUT2D eigenvalue weighted by Gasteiger charge is 2.38. The number of aromatic nitrogens is 1. The Balaban J connectivity index is 1.80. The summed E-state index contributed by atoms with van der Waals surface area (Å²) < 4.78 is 13.4. The van der Waals surface area contributed by atoms with E-state index in [2.05, 4.69) is 40.8 Å². The van der Waals surface area contributed by atoms with E-state index in [1.807, 2.05) is 6.26 Å². The summed E-state index contributed by atoms with van der Waals surface area (Å²) in [4.78, 5) is 3.69. The largest absolute Gasteiger partial charge is 0.505 e. The first-order valence-electron chi connectivity index (χ1n) is 9.25. The van der Waals surface area contributed by atoms with Crippen LogP contribution in [0.3, 0.4) is 0 Å². The molecule has 0 spiro atoms. The van der Waals surface area contributed by atoms with Gasteiger partial charge in [-0.15, -0.1) is 0 Å². The summed E-state index contributed by atoms with van der Waals surface area (Å²) in [6.07, 6.45) is 7.45. The maximum Gasteiger partial charge on any atom is 0.200 e. The van der Waals surface area contributed by atoms with Gasteiger partial charge in [0, 0.05) is 29.7 Å². The van der Waals surface area contributed by atoms with E-state index in [0.717, 1.165) is 31.7 Å². The second kappa shape index (κ2) is 6.58. The monoisotopic (exact) mass is 339 g/mol. The maximum absolute atomic E-state index is 5.63. The molecule has 0 saturated carbocycles. The Kier molecular flexibility index (Phi) is 4.28. The molecule has 0 saturated heterocycles. The van der Waals surface area contributed by atoms with Gasteiger partial charge in [0.05, 0.1) is 26.0 Å². The summed E-state index contributed by atoms with van der Waals surface area (Å²) in [6.45, 7) is 4.54. The number of hydrogen-bond acceptors (Lipinski definition) is 2. The fourth-order valence-corrected chi connectivity index (χ4v) is 4.57. The predicted molar refractivity (Wildman–Crippen MR) is 101 cm³/mol. The maximum atomic E-state index is 5.63. The molecule has 25 heavy (non-hydrogen) atoms. The van der Waals surface area contributed by atoms with Crippen molar-refractivity contribution in [2.45, 2.75) is 26.2 Å². The average molecular weight is 339 g/mol. The van der Waals surface area contributed by atoms with Crippen molar-refractivity contribution in [2.24, 2.45) is 11.8 Å². The molecule has 4 heteroatoms. The van der Waals surface area contributed by atoms with Crippen molar-refractivity contribution in [2.75, 3.05) is 27.3 Å². The molecule has 4 rings (SSSR count). The molecule has 0 fully saturated rings. The Morgan fingerprint density at radius 1 is 1.32 bits per heavy atom. The van der Waals surface area contributed by atoms with E-state index < -0.39 is 0 Å². The summed E-state index contributed by atoms with van der Waals surface area (Å²) in [5, 5.41) is 1.26. The van der Waals surface area contributed by atoms with Crippen molar-refractivity contribution >= 4 is 16.6 Å². The molecular formula is C21H27N2O2+. The number of methoxy groups -OCH3 is 2. The van der Waals surface area contributed by atoms with E-state index in [1.165, 1.54) is 34.3 Å². The fraction of sp³-hybridized carbons (Fsp3) is 0.476. The number of hydrogen-bond donors (Lipinski definition) is 1. The number of rotatable bonds is 4. The number of fused-ring (bicyclic) bond motifs is 4. The Morgan fingerprint density at radius 2 is 2.20 bits per heavy atom. The minimum absolute atomic E-state index is 0.537. The molecule has 2 aliphatic rings. The topological polar surface area (TPSA) is 37.3 Å². The van der Waals surface area contributed by atoms with Crippen LogP contribution in [-0.4, -0.2) is 42.6 Å². The van der Waals surface area contributed by atoms with Gasteiger partial charge in [-0.25, -0.2) is 4.58 Å². The molecule has 1 N–H and O–H groups in total. The molecule has 0 aliphatic carbocycles. The van der Waals surface area contributed by atoms with Crippen molar-refractivity contribution in [1.82, 2.24) is 4.98 Å². The molecule has 0 radical (unpaired) electrons. The molecule has 0 amide bonds. The first-order chi connectivity index (χ1) is 12.3. The molecule has 3 heterocycles. The molecular weight excluding hydrogens is 312 g/mol. The van der Waals surface area contributed by atoms with E-state index in [0.29, 0.717) is 11.8 Å². The van der Waals surface area contributed by atoms with Crippen molar-refractivity contribution < 1.29 is 14.0 Å². The molecule has 132 valence electrons. The zero-order valence-corrected chi connectivity index (χ0v) is 15.3. The standard InChI is InChI=1S/C21H26N2O2/c1-4-14-13-23-10-8-16-20-17(6-5-7-19(20)25-3)22-21(16)18(23)12-15(14)9-11-24-2/h5-7,9,11,14-15H,4,8,10,12-13H2,1-3H3/p+1/b11-9-/t14-,15+/m1/s1. The zero-order valence-electron chi connectivity index (χ0n) is 15.3. The fourth-order valence-electron chi connectivity index (χ4n) is 4.57. The number of ether oxygens (including phenoxy) is 2. The zero-order chi connectivity index (χ0) is 17.4. The number of H-pyrrole nitrogens is 1. The molecule has 4 nitrogen and oxygen atoms in total. The lowest BCUT2D eigenvalue weighted by Gasteiger charge is -2.30. The first kappa shape index (κ1) is 16.2. The normalized spacial score (nSPS) is 23.0. The van der Waals surface area contributed by atoms with Crippen molar-refractivity contribution in [3.63, 3.8) is 0 Å². The van der Waals surface area contributed by atoms with Gasteiger partial charge < -0.3 is 14.5 Å². The lowest BCUT2D eigenvalue weighted by atomic mass is 9.80. The van der Waals surface area contributed by atoms with Gasteiger partial charge in [0.15, 0.2) is 0 Å². The van der Waals surface area contributed by atoms with E-state index in [-0.39, 0.29) is 0 Å². The van der Waals surface area contributed by atoms with Crippen LogP contribution < -0.4 is 4.74 Å². The van der Waals surface area contributed by atoms with Gasteiger partial charge in [-0.1, -0.05) is 13.0 Å². The van der Waals surface area contributed by atoms with Gasteiger partial charge in [0.2, 0.25) is 5.71 Å². The summed E-state index contributed by atoms with van der Waals surface area (Å²) in [5.41, 5.74) is 5.37. The van der Waals surface area contributed by atoms with E-state index >= 15 is 0 Å². The molecule has 1 aromatic carbocycles. The highest BCUT2D eigenvalue weighted by atomic mass is 16.5. The van der Waals surface area contributed by atoms with E-state index in [9.17, 15) is 0 Å². The molecule has 0 unspecified atom stereocenters. The van der Waals surface area contributed by atoms with Crippen LogP contribution in [0, 0.1) is 11.8 Å². The van der Waals surface area contributed by atoms with Crippen molar-refractivity contribution in [1.29, 1.82) is 0 Å². The van der Waals surface area contributed by atoms with Crippen molar-refractivity contribution in [3.8, 4) is 5.75 Å². The van der Waals surface area contributed by atoms with Gasteiger partial charge in [-0.2, -0.15) is 0 Å². The van der Waals surface area contributed by atoms with Crippen LogP contribution in [0.15, 0.2) is 30.5 Å². The van der Waals surface area contributed by atoms with E-state index in [1.54, 1.807) is 14.2 Å². The second-order valence-electron chi connectivity index (χ2n) is 7.10. The van der Waals surface area contributed by atoms with E-state index in [4.69, 9.17) is 9.47 Å². The van der Waals surface area contributed by atoms with Crippen LogP contribution >= 0.6 is 0 Å². The number of nitrogens with one attached hydrogen (secondary N) is 1. The molecule has 2 aliphatic heterocycles. The Bertz CT molecular complexity index is 847. The van der Waals surface area contributed by atoms with Crippen LogP contribution in [-0.2, 0) is 11.2 Å².